The second-order valence-electron chi connectivity index (χ2n) is 5.08. The summed E-state index contributed by atoms with van der Waals surface area (Å²) in [6.45, 7) is 3.69. The molecule has 0 aliphatic rings. The minimum Gasteiger partial charge on any atom is -0.507 e. The first kappa shape index (κ1) is 15.5. The zero-order valence-electron chi connectivity index (χ0n) is 12.2. The average Bonchev–Trinajstić information content (AvgIpc) is 2.83. The lowest BCUT2D eigenvalue weighted by Gasteiger charge is -2.13. The van der Waals surface area contributed by atoms with Crippen LogP contribution in [0.15, 0.2) is 24.3 Å². The molecular formula is C14H16N4O4. The van der Waals surface area contributed by atoms with Crippen molar-refractivity contribution >= 4 is 11.6 Å². The maximum absolute atomic E-state index is 12.1. The smallest absolute Gasteiger partial charge is 0.273 e. The molecule has 1 atom stereocenters. The molecule has 22 heavy (non-hydrogen) atoms. The number of non-ortho nitro benzene ring substituents is 1. The molecule has 2 rings (SSSR count). The lowest BCUT2D eigenvalue weighted by atomic mass is 10.1. The van der Waals surface area contributed by atoms with E-state index in [1.165, 1.54) is 12.1 Å². The molecule has 3 N–H and O–H groups in total. The minimum absolute atomic E-state index is 0.00402. The third-order valence-electron chi connectivity index (χ3n) is 3.09. The van der Waals surface area contributed by atoms with Gasteiger partial charge in [0.25, 0.3) is 11.6 Å². The Bertz CT molecular complexity index is 711. The van der Waals surface area contributed by atoms with Gasteiger partial charge in [-0.05, 0) is 26.0 Å². The van der Waals surface area contributed by atoms with Crippen LogP contribution in [0.25, 0.3) is 0 Å². The number of nitro groups is 1. The van der Waals surface area contributed by atoms with E-state index in [2.05, 4.69) is 15.5 Å². The molecule has 0 saturated carbocycles. The standard InChI is InChI=1S/C14H16N4O4/c1-8(5-10-6-9(2)16-17-10)15-14(20)12-4-3-11(18(21)22)7-13(12)19/h3-4,6-8,19H,5H2,1-2H3,(H,15,20)(H,16,17)/t8-/m1/s1. The zero-order valence-corrected chi connectivity index (χ0v) is 12.2. The fourth-order valence-electron chi connectivity index (χ4n) is 2.07. The largest absolute Gasteiger partial charge is 0.507 e. The zero-order chi connectivity index (χ0) is 16.3. The highest BCUT2D eigenvalue weighted by molar-refractivity contribution is 5.97. The molecule has 1 aromatic carbocycles. The van der Waals surface area contributed by atoms with Gasteiger partial charge < -0.3 is 10.4 Å². The summed E-state index contributed by atoms with van der Waals surface area (Å²) in [6, 6.07) is 5.04. The van der Waals surface area contributed by atoms with Gasteiger partial charge in [-0.1, -0.05) is 0 Å². The van der Waals surface area contributed by atoms with E-state index in [9.17, 15) is 20.0 Å². The van der Waals surface area contributed by atoms with Gasteiger partial charge in [0.15, 0.2) is 0 Å². The average molecular weight is 304 g/mol. The van der Waals surface area contributed by atoms with E-state index in [1.807, 2.05) is 19.9 Å². The molecule has 0 saturated heterocycles. The normalized spacial score (nSPS) is 11.9. The van der Waals surface area contributed by atoms with E-state index in [4.69, 9.17) is 0 Å². The molecule has 0 spiro atoms. The molecule has 1 aromatic heterocycles. The molecule has 8 nitrogen and oxygen atoms in total. The molecule has 0 radical (unpaired) electrons. The Hall–Kier alpha value is -2.90. The Morgan fingerprint density at radius 1 is 1.50 bits per heavy atom. The fourth-order valence-corrected chi connectivity index (χ4v) is 2.07. The SMILES string of the molecule is Cc1cc(C[C@@H](C)NC(=O)c2ccc([N+](=O)[O-])cc2O)n[nH]1. The molecular weight excluding hydrogens is 288 g/mol. The van der Waals surface area contributed by atoms with E-state index in [0.717, 1.165) is 17.5 Å². The summed E-state index contributed by atoms with van der Waals surface area (Å²) in [4.78, 5) is 22.0. The molecule has 8 heteroatoms. The summed E-state index contributed by atoms with van der Waals surface area (Å²) in [5.41, 5.74) is 1.48. The maximum Gasteiger partial charge on any atom is 0.273 e. The van der Waals surface area contributed by atoms with Crippen LogP contribution in [0.5, 0.6) is 5.75 Å². The number of hydrogen-bond donors (Lipinski definition) is 3. The maximum atomic E-state index is 12.1. The minimum atomic E-state index is -0.635. The lowest BCUT2D eigenvalue weighted by molar-refractivity contribution is -0.384. The van der Waals surface area contributed by atoms with Gasteiger partial charge in [-0.3, -0.25) is 20.0 Å². The predicted molar refractivity (Wildman–Crippen MR) is 78.7 cm³/mol. The Morgan fingerprint density at radius 3 is 2.77 bits per heavy atom. The highest BCUT2D eigenvalue weighted by atomic mass is 16.6. The number of hydrogen-bond acceptors (Lipinski definition) is 5. The number of aromatic hydroxyl groups is 1. The van der Waals surface area contributed by atoms with E-state index in [-0.39, 0.29) is 17.3 Å². The first-order valence-electron chi connectivity index (χ1n) is 6.66. The number of rotatable bonds is 5. The first-order valence-corrected chi connectivity index (χ1v) is 6.66. The Kier molecular flexibility index (Phi) is 4.40. The summed E-state index contributed by atoms with van der Waals surface area (Å²) >= 11 is 0. The first-order chi connectivity index (χ1) is 10.4. The lowest BCUT2D eigenvalue weighted by Crippen LogP contribution is -2.34. The summed E-state index contributed by atoms with van der Waals surface area (Å²) in [7, 11) is 0. The number of aromatic amines is 1. The van der Waals surface area contributed by atoms with Crippen LogP contribution in [0.1, 0.15) is 28.7 Å². The number of amides is 1. The topological polar surface area (TPSA) is 121 Å². The second kappa shape index (κ2) is 6.25. The van der Waals surface area contributed by atoms with E-state index in [1.54, 1.807) is 0 Å². The fraction of sp³-hybridized carbons (Fsp3) is 0.286. The Labute approximate surface area is 126 Å². The Balaban J connectivity index is 2.03. The van der Waals surface area contributed by atoms with Crippen LogP contribution in [0.2, 0.25) is 0 Å². The van der Waals surface area contributed by atoms with Gasteiger partial charge in [0, 0.05) is 24.2 Å². The van der Waals surface area contributed by atoms with Crippen LogP contribution in [-0.4, -0.2) is 32.2 Å². The Morgan fingerprint density at radius 2 is 2.23 bits per heavy atom. The molecule has 0 unspecified atom stereocenters. The molecule has 116 valence electrons. The summed E-state index contributed by atoms with van der Waals surface area (Å²) in [5, 5.41) is 30.0. The van der Waals surface area contributed by atoms with Crippen molar-refractivity contribution in [3.8, 4) is 5.75 Å². The number of phenols is 1. The number of phenolic OH excluding ortho intramolecular Hbond substituents is 1. The van der Waals surface area contributed by atoms with Gasteiger partial charge in [-0.25, -0.2) is 0 Å². The van der Waals surface area contributed by atoms with Crippen molar-refractivity contribution in [3.63, 3.8) is 0 Å². The van der Waals surface area contributed by atoms with Crippen molar-refractivity contribution in [2.45, 2.75) is 26.3 Å². The van der Waals surface area contributed by atoms with E-state index in [0.29, 0.717) is 6.42 Å². The second-order valence-corrected chi connectivity index (χ2v) is 5.08. The molecule has 1 heterocycles. The van der Waals surface area contributed by atoms with Crippen molar-refractivity contribution in [2.24, 2.45) is 0 Å². The van der Waals surface area contributed by atoms with Crippen LogP contribution < -0.4 is 5.32 Å². The van der Waals surface area contributed by atoms with Gasteiger partial charge in [0.1, 0.15) is 5.75 Å². The quantitative estimate of drug-likeness (QED) is 0.573. The van der Waals surface area contributed by atoms with Crippen molar-refractivity contribution < 1.29 is 14.8 Å². The van der Waals surface area contributed by atoms with Crippen LogP contribution in [0, 0.1) is 17.0 Å². The summed E-state index contributed by atoms with van der Waals surface area (Å²) < 4.78 is 0. The number of nitro benzene ring substituents is 1. The number of carbonyl (C=O) groups is 1. The van der Waals surface area contributed by atoms with Crippen LogP contribution in [0.3, 0.4) is 0 Å². The molecule has 0 bridgehead atoms. The monoisotopic (exact) mass is 304 g/mol. The predicted octanol–water partition coefficient (Wildman–Crippen LogP) is 1.69. The molecule has 0 aliphatic heterocycles. The van der Waals surface area contributed by atoms with Crippen molar-refractivity contribution in [3.05, 3.63) is 51.3 Å². The van der Waals surface area contributed by atoms with Gasteiger partial charge in [-0.2, -0.15) is 5.10 Å². The number of H-pyrrole nitrogens is 1. The number of aryl methyl sites for hydroxylation is 1. The molecule has 0 aliphatic carbocycles. The number of carbonyl (C=O) groups excluding carboxylic acids is 1. The summed E-state index contributed by atoms with van der Waals surface area (Å²) in [6.07, 6.45) is 0.532. The number of nitrogens with zero attached hydrogens (tertiary/aromatic N) is 2. The third-order valence-corrected chi connectivity index (χ3v) is 3.09. The summed E-state index contributed by atoms with van der Waals surface area (Å²) in [5.74, 6) is -0.915. The van der Waals surface area contributed by atoms with Gasteiger partial charge >= 0.3 is 0 Å². The van der Waals surface area contributed by atoms with Gasteiger partial charge in [0.05, 0.1) is 22.2 Å². The van der Waals surface area contributed by atoms with Gasteiger partial charge in [0.2, 0.25) is 0 Å². The van der Waals surface area contributed by atoms with Crippen molar-refractivity contribution in [1.29, 1.82) is 0 Å². The van der Waals surface area contributed by atoms with E-state index >= 15 is 0 Å². The van der Waals surface area contributed by atoms with Crippen LogP contribution >= 0.6 is 0 Å². The van der Waals surface area contributed by atoms with Crippen molar-refractivity contribution in [1.82, 2.24) is 15.5 Å². The number of nitrogens with one attached hydrogen (secondary N) is 2. The number of benzene rings is 1. The van der Waals surface area contributed by atoms with Crippen LogP contribution in [0.4, 0.5) is 5.69 Å². The molecule has 0 fully saturated rings. The van der Waals surface area contributed by atoms with E-state index < -0.39 is 16.6 Å². The highest BCUT2D eigenvalue weighted by Gasteiger charge is 2.17. The van der Waals surface area contributed by atoms with Crippen molar-refractivity contribution in [2.75, 3.05) is 0 Å². The highest BCUT2D eigenvalue weighted by Crippen LogP contribution is 2.23. The van der Waals surface area contributed by atoms with Gasteiger partial charge in [-0.15, -0.1) is 0 Å². The number of aromatic nitrogens is 2. The molecule has 1 amide bonds. The third kappa shape index (κ3) is 3.60. The molecule has 2 aromatic rings. The van der Waals surface area contributed by atoms with Crippen LogP contribution in [-0.2, 0) is 6.42 Å².